The van der Waals surface area contributed by atoms with Crippen molar-refractivity contribution in [1.29, 1.82) is 0 Å². The number of rotatable bonds is 6. The Balaban J connectivity index is 1.87. The fourth-order valence-corrected chi connectivity index (χ4v) is 2.72. The maximum absolute atomic E-state index is 11.0. The molecular formula is C19H20O4. The lowest BCUT2D eigenvalue weighted by Crippen LogP contribution is -2.06. The largest absolute Gasteiger partial charge is 0.493 e. The van der Waals surface area contributed by atoms with Crippen LogP contribution in [0.5, 0.6) is 11.5 Å². The van der Waals surface area contributed by atoms with Crippen LogP contribution in [0.2, 0.25) is 0 Å². The fourth-order valence-electron chi connectivity index (χ4n) is 2.72. The van der Waals surface area contributed by atoms with Crippen molar-refractivity contribution in [1.82, 2.24) is 0 Å². The van der Waals surface area contributed by atoms with Gasteiger partial charge in [0.2, 0.25) is 0 Å². The zero-order chi connectivity index (χ0) is 16.1. The maximum atomic E-state index is 11.0. The fraction of sp³-hybridized carbons (Fsp3) is 0.316. The predicted octanol–water partition coefficient (Wildman–Crippen LogP) is 3.52. The van der Waals surface area contributed by atoms with Gasteiger partial charge in [-0.1, -0.05) is 6.07 Å². The number of fused-ring (bicyclic) bond motifs is 3. The van der Waals surface area contributed by atoms with Gasteiger partial charge in [0, 0.05) is 24.2 Å². The van der Waals surface area contributed by atoms with Gasteiger partial charge in [0.25, 0.3) is 0 Å². The summed E-state index contributed by atoms with van der Waals surface area (Å²) in [6.07, 6.45) is 1.67. The monoisotopic (exact) mass is 312 g/mol. The summed E-state index contributed by atoms with van der Waals surface area (Å²) in [6, 6.07) is 11.6. The van der Waals surface area contributed by atoms with Gasteiger partial charge in [-0.25, -0.2) is 0 Å². The van der Waals surface area contributed by atoms with E-state index in [9.17, 15) is 4.79 Å². The third kappa shape index (κ3) is 3.54. The van der Waals surface area contributed by atoms with Crippen LogP contribution in [0.25, 0.3) is 11.1 Å². The molecule has 0 fully saturated rings. The molecule has 2 aromatic carbocycles. The molecule has 3 rings (SSSR count). The lowest BCUT2D eigenvalue weighted by molar-refractivity contribution is 0.110. The van der Waals surface area contributed by atoms with Crippen molar-refractivity contribution in [3.63, 3.8) is 0 Å². The van der Waals surface area contributed by atoms with Gasteiger partial charge >= 0.3 is 0 Å². The molecule has 4 nitrogen and oxygen atoms in total. The van der Waals surface area contributed by atoms with Crippen LogP contribution >= 0.6 is 0 Å². The van der Waals surface area contributed by atoms with E-state index >= 15 is 0 Å². The molecule has 0 amide bonds. The molecule has 0 saturated carbocycles. The minimum Gasteiger partial charge on any atom is -0.493 e. The Morgan fingerprint density at radius 2 is 2.04 bits per heavy atom. The van der Waals surface area contributed by atoms with E-state index in [0.717, 1.165) is 35.3 Å². The molecule has 0 unspecified atom stereocenters. The summed E-state index contributed by atoms with van der Waals surface area (Å²) in [6.45, 7) is 4.40. The molecule has 0 aliphatic carbocycles. The number of hydrogen-bond donors (Lipinski definition) is 0. The Bertz CT molecular complexity index is 694. The molecule has 0 radical (unpaired) electrons. The molecule has 0 atom stereocenters. The van der Waals surface area contributed by atoms with Gasteiger partial charge in [-0.2, -0.15) is 0 Å². The van der Waals surface area contributed by atoms with Crippen LogP contribution in [0.15, 0.2) is 36.4 Å². The van der Waals surface area contributed by atoms with Gasteiger partial charge in [-0.3, -0.25) is 4.79 Å². The van der Waals surface area contributed by atoms with Crippen LogP contribution in [0.1, 0.15) is 22.8 Å². The van der Waals surface area contributed by atoms with Gasteiger partial charge < -0.3 is 14.2 Å². The molecule has 1 aliphatic heterocycles. The van der Waals surface area contributed by atoms with Crippen molar-refractivity contribution >= 4 is 6.29 Å². The van der Waals surface area contributed by atoms with Crippen molar-refractivity contribution < 1.29 is 19.0 Å². The van der Waals surface area contributed by atoms with E-state index in [0.29, 0.717) is 32.0 Å². The summed E-state index contributed by atoms with van der Waals surface area (Å²) in [4.78, 5) is 11.0. The Hall–Kier alpha value is -2.33. The molecule has 2 aromatic rings. The Morgan fingerprint density at radius 3 is 2.87 bits per heavy atom. The molecule has 0 aromatic heterocycles. The zero-order valence-corrected chi connectivity index (χ0v) is 13.2. The highest BCUT2D eigenvalue weighted by Crippen LogP contribution is 2.37. The van der Waals surface area contributed by atoms with Crippen LogP contribution in [0, 0.1) is 0 Å². The molecule has 4 heteroatoms. The number of ether oxygens (including phenoxy) is 3. The van der Waals surface area contributed by atoms with E-state index in [2.05, 4.69) is 0 Å². The highest BCUT2D eigenvalue weighted by molar-refractivity contribution is 5.83. The SMILES string of the molecule is CCOCCOc1ccc2c(c1)CCOc1ccc(C=O)cc1-2. The molecule has 0 spiro atoms. The van der Waals surface area contributed by atoms with E-state index < -0.39 is 0 Å². The maximum Gasteiger partial charge on any atom is 0.150 e. The average Bonchev–Trinajstić information content (AvgIpc) is 2.77. The minimum atomic E-state index is 0.537. The molecule has 0 bridgehead atoms. The lowest BCUT2D eigenvalue weighted by Gasteiger charge is -2.12. The number of carbonyl (C=O) groups is 1. The zero-order valence-electron chi connectivity index (χ0n) is 13.2. The first-order chi connectivity index (χ1) is 11.3. The summed E-state index contributed by atoms with van der Waals surface area (Å²) in [7, 11) is 0. The molecule has 23 heavy (non-hydrogen) atoms. The number of aldehydes is 1. The van der Waals surface area contributed by atoms with Crippen LogP contribution in [-0.2, 0) is 11.2 Å². The van der Waals surface area contributed by atoms with Gasteiger partial charge in [-0.15, -0.1) is 0 Å². The second kappa shape index (κ2) is 7.29. The van der Waals surface area contributed by atoms with Gasteiger partial charge in [-0.05, 0) is 48.4 Å². The van der Waals surface area contributed by atoms with Crippen molar-refractivity contribution in [2.24, 2.45) is 0 Å². The Kier molecular flexibility index (Phi) is 4.93. The van der Waals surface area contributed by atoms with Crippen LogP contribution < -0.4 is 9.47 Å². The van der Waals surface area contributed by atoms with Crippen molar-refractivity contribution in [2.45, 2.75) is 13.3 Å². The predicted molar refractivity (Wildman–Crippen MR) is 88.5 cm³/mol. The van der Waals surface area contributed by atoms with Gasteiger partial charge in [0.1, 0.15) is 24.4 Å². The Morgan fingerprint density at radius 1 is 1.13 bits per heavy atom. The first-order valence-corrected chi connectivity index (χ1v) is 7.87. The molecular weight excluding hydrogens is 292 g/mol. The van der Waals surface area contributed by atoms with Crippen LogP contribution in [-0.4, -0.2) is 32.7 Å². The third-order valence-corrected chi connectivity index (χ3v) is 3.84. The number of hydrogen-bond acceptors (Lipinski definition) is 4. The number of carbonyl (C=O) groups excluding carboxylic acids is 1. The highest BCUT2D eigenvalue weighted by Gasteiger charge is 2.16. The summed E-state index contributed by atoms with van der Waals surface area (Å²) < 4.78 is 16.8. The normalized spacial score (nSPS) is 12.6. The van der Waals surface area contributed by atoms with E-state index in [1.165, 1.54) is 5.56 Å². The topological polar surface area (TPSA) is 44.8 Å². The van der Waals surface area contributed by atoms with Gasteiger partial charge in [0.05, 0.1) is 13.2 Å². The molecule has 0 saturated heterocycles. The molecule has 1 heterocycles. The van der Waals surface area contributed by atoms with E-state index in [1.807, 2.05) is 37.3 Å². The summed E-state index contributed by atoms with van der Waals surface area (Å²) in [5, 5.41) is 0. The first kappa shape index (κ1) is 15.6. The van der Waals surface area contributed by atoms with Crippen LogP contribution in [0.3, 0.4) is 0 Å². The van der Waals surface area contributed by atoms with Crippen molar-refractivity contribution in [3.05, 3.63) is 47.5 Å². The van der Waals surface area contributed by atoms with Crippen molar-refractivity contribution in [2.75, 3.05) is 26.4 Å². The lowest BCUT2D eigenvalue weighted by atomic mass is 9.96. The van der Waals surface area contributed by atoms with Crippen LogP contribution in [0.4, 0.5) is 0 Å². The second-order valence-electron chi connectivity index (χ2n) is 5.34. The number of benzene rings is 2. The Labute approximate surface area is 136 Å². The molecule has 1 aliphatic rings. The minimum absolute atomic E-state index is 0.537. The molecule has 0 N–H and O–H groups in total. The third-order valence-electron chi connectivity index (χ3n) is 3.84. The summed E-state index contributed by atoms with van der Waals surface area (Å²) >= 11 is 0. The quantitative estimate of drug-likeness (QED) is 0.605. The van der Waals surface area contributed by atoms with E-state index in [-0.39, 0.29) is 0 Å². The highest BCUT2D eigenvalue weighted by atomic mass is 16.5. The van der Waals surface area contributed by atoms with Crippen molar-refractivity contribution in [3.8, 4) is 22.6 Å². The second-order valence-corrected chi connectivity index (χ2v) is 5.34. The standard InChI is InChI=1S/C19H20O4/c1-2-21-9-10-22-16-4-5-17-15(12-16)7-8-23-19-6-3-14(13-20)11-18(17)19/h3-6,11-13H,2,7-10H2,1H3. The van der Waals surface area contributed by atoms with E-state index in [1.54, 1.807) is 6.07 Å². The molecule has 120 valence electrons. The summed E-state index contributed by atoms with van der Waals surface area (Å²) in [5.41, 5.74) is 3.87. The first-order valence-electron chi connectivity index (χ1n) is 7.87. The van der Waals surface area contributed by atoms with Gasteiger partial charge in [0.15, 0.2) is 0 Å². The van der Waals surface area contributed by atoms with E-state index in [4.69, 9.17) is 14.2 Å². The average molecular weight is 312 g/mol. The summed E-state index contributed by atoms with van der Waals surface area (Å²) in [5.74, 6) is 1.65. The smallest absolute Gasteiger partial charge is 0.150 e.